The predicted octanol–water partition coefficient (Wildman–Crippen LogP) is 17.1. The van der Waals surface area contributed by atoms with Crippen LogP contribution in [0.2, 0.25) is 0 Å². The van der Waals surface area contributed by atoms with Crippen LogP contribution in [0.4, 0.5) is 0 Å². The molecule has 0 unspecified atom stereocenters. The first kappa shape index (κ1) is 20.5. The molecule has 10 aromatic carbocycles. The molecule has 0 aliphatic carbocycles. The fraction of sp³-hybridized carbons (Fsp3) is 0.153. The molecule has 60 heavy (non-hydrogen) atoms. The highest BCUT2D eigenvalue weighted by Crippen LogP contribution is 2.50. The van der Waals surface area contributed by atoms with Crippen LogP contribution in [0.3, 0.4) is 0 Å². The molecule has 0 bridgehead atoms. The van der Waals surface area contributed by atoms with Gasteiger partial charge in [-0.3, -0.25) is 0 Å². The second-order valence-electron chi connectivity index (χ2n) is 15.8. The van der Waals surface area contributed by atoms with Gasteiger partial charge in [0.1, 0.15) is 11.2 Å². The summed E-state index contributed by atoms with van der Waals surface area (Å²) in [7, 11) is 0. The van der Waals surface area contributed by atoms with E-state index in [-0.39, 0.29) is 163 Å². The average Bonchev–Trinajstić information content (AvgIpc) is 4.08. The Morgan fingerprint density at radius 3 is 1.85 bits per heavy atom. The summed E-state index contributed by atoms with van der Waals surface area (Å²) in [6.45, 7) is 14.2. The molecule has 1 heteroatoms. The lowest BCUT2D eigenvalue weighted by Crippen LogP contribution is -1.96. The molecule has 290 valence electrons. The quantitative estimate of drug-likeness (QED) is 0.128. The van der Waals surface area contributed by atoms with Crippen molar-refractivity contribution in [1.29, 1.82) is 0 Å². The van der Waals surface area contributed by atoms with Gasteiger partial charge in [-0.2, -0.15) is 0 Å². The Labute approximate surface area is 381 Å². The van der Waals surface area contributed by atoms with Crippen LogP contribution in [0.1, 0.15) is 78.9 Å². The molecule has 0 saturated heterocycles. The summed E-state index contributed by atoms with van der Waals surface area (Å²) in [5, 5.41) is 0.548. The van der Waals surface area contributed by atoms with E-state index in [4.69, 9.17) is 12.6 Å². The van der Waals surface area contributed by atoms with E-state index < -0.39 is 84.6 Å². The van der Waals surface area contributed by atoms with E-state index in [1.165, 1.54) is 27.7 Å². The number of benzene rings is 10. The van der Waals surface area contributed by atoms with Gasteiger partial charge in [0.05, 0.1) is 28.8 Å². The Kier molecular flexibility index (Phi) is 4.50. The van der Waals surface area contributed by atoms with Crippen molar-refractivity contribution in [2.45, 2.75) is 62.3 Å². The molecule has 0 fully saturated rings. The third kappa shape index (κ3) is 5.05. The van der Waals surface area contributed by atoms with Crippen molar-refractivity contribution in [3.63, 3.8) is 0 Å². The average molecular weight is 794 g/mol. The number of rotatable bonds is 3. The van der Waals surface area contributed by atoms with Gasteiger partial charge in [-0.05, 0) is 207 Å². The molecule has 0 radical (unpaired) electrons. The summed E-state index contributed by atoms with van der Waals surface area (Å²) >= 11 is 0. The fourth-order valence-corrected chi connectivity index (χ4v) is 9.16. The van der Waals surface area contributed by atoms with Crippen LogP contribution in [0.5, 0.6) is 0 Å². The second-order valence-corrected chi connectivity index (χ2v) is 15.8. The fourth-order valence-electron chi connectivity index (χ4n) is 9.16. The van der Waals surface area contributed by atoms with E-state index in [9.17, 15) is 20.6 Å². The van der Waals surface area contributed by atoms with Crippen LogP contribution >= 0.6 is 0 Å². The van der Waals surface area contributed by atoms with Crippen LogP contribution in [0.15, 0.2) is 131 Å². The van der Waals surface area contributed by atoms with Crippen LogP contribution < -0.4 is 0 Å². The Balaban J connectivity index is 1.41. The molecule has 11 aromatic rings. The van der Waals surface area contributed by atoms with Crippen LogP contribution in [0, 0.1) is 62.3 Å². The number of fused-ring (bicyclic) bond motifs is 9. The maximum atomic E-state index is 10.4. The molecular formula is C59H48O. The maximum Gasteiger partial charge on any atom is 0.138 e. The first-order valence-corrected chi connectivity index (χ1v) is 19.7. The van der Waals surface area contributed by atoms with E-state index in [2.05, 4.69) is 0 Å². The van der Waals surface area contributed by atoms with Gasteiger partial charge in [0.15, 0.2) is 0 Å². The van der Waals surface area contributed by atoms with E-state index in [1.54, 1.807) is 34.6 Å². The largest absolute Gasteiger partial charge is 0.456 e. The lowest BCUT2D eigenvalue weighted by Gasteiger charge is -2.22. The third-order valence-corrected chi connectivity index (χ3v) is 12.2. The highest BCUT2D eigenvalue weighted by molar-refractivity contribution is 6.27. The summed E-state index contributed by atoms with van der Waals surface area (Å²) in [4.78, 5) is 0. The van der Waals surface area contributed by atoms with Gasteiger partial charge in [0.25, 0.3) is 0 Å². The van der Waals surface area contributed by atoms with E-state index in [0.717, 1.165) is 0 Å². The molecule has 1 heterocycles. The lowest BCUT2D eigenvalue weighted by molar-refractivity contribution is 0.666. The van der Waals surface area contributed by atoms with Crippen molar-refractivity contribution in [2.75, 3.05) is 0 Å². The van der Waals surface area contributed by atoms with Crippen molar-refractivity contribution in [3.05, 3.63) is 177 Å². The molecule has 11 rings (SSSR count). The Bertz CT molecular complexity index is 4840. The molecule has 0 saturated carbocycles. The Morgan fingerprint density at radius 1 is 0.350 bits per heavy atom. The molecule has 0 amide bonds. The van der Waals surface area contributed by atoms with E-state index in [1.807, 2.05) is 0 Å². The molecule has 0 aliphatic rings. The van der Waals surface area contributed by atoms with Gasteiger partial charge in [-0.15, -0.1) is 0 Å². The monoisotopic (exact) mass is 794 g/mol. The summed E-state index contributed by atoms with van der Waals surface area (Å²) in [6.07, 6.45) is 0. The van der Waals surface area contributed by atoms with Crippen molar-refractivity contribution in [1.82, 2.24) is 0 Å². The summed E-state index contributed by atoms with van der Waals surface area (Å²) in [6, 6.07) is -9.65. The van der Waals surface area contributed by atoms with Gasteiger partial charge >= 0.3 is 0 Å². The third-order valence-electron chi connectivity index (χ3n) is 12.2. The van der Waals surface area contributed by atoms with Gasteiger partial charge in [0.2, 0.25) is 0 Å². The molecule has 1 nitrogen and oxygen atoms in total. The first-order valence-electron chi connectivity index (χ1n) is 30.2. The first-order chi connectivity index (χ1) is 37.8. The minimum atomic E-state index is -0.687. The van der Waals surface area contributed by atoms with Gasteiger partial charge in [0, 0.05) is 16.3 Å². The van der Waals surface area contributed by atoms with Crippen molar-refractivity contribution in [2.24, 2.45) is 0 Å². The van der Waals surface area contributed by atoms with E-state index in [0.29, 0.717) is 38.4 Å². The molecule has 0 spiro atoms. The van der Waals surface area contributed by atoms with Crippen molar-refractivity contribution < 1.29 is 33.2 Å². The zero-order chi connectivity index (χ0) is 59.6. The number of aryl methyl sites for hydroxylation is 7. The summed E-state index contributed by atoms with van der Waals surface area (Å²) in [5.74, 6) is 0. The molecule has 0 atom stereocenters. The number of hydrogen-bond acceptors (Lipinski definition) is 1. The Morgan fingerprint density at radius 2 is 1.05 bits per heavy atom. The zero-order valence-electron chi connectivity index (χ0n) is 55.4. The van der Waals surface area contributed by atoms with Gasteiger partial charge < -0.3 is 4.42 Å². The standard InChI is InChI=1S/C59H48O/c1-31-22-25-44-50(28-31)58(46-20-13-21-52-57(46)51-30-48-32(2)14-10-17-42(48)39(9)59(51)60-52)54-35(5)16-12-19-45(54)56(44)49-29-40(24-23-33(49)3)41-26-27-47-53-34(4)15-11-18-43(53)36(6)37(7)55(47)38(41)8/h10-30H,1-9H3/i10D,11D,12D,13D,14D,15D,16D,17D,18D,19D,20D,21D,22D,23D,24D,25D,26D,27D,28D,29D,30D. The normalized spacial score (nSPS) is 17.0. The summed E-state index contributed by atoms with van der Waals surface area (Å²) < 4.78 is 204. The van der Waals surface area contributed by atoms with Gasteiger partial charge in [-0.25, -0.2) is 0 Å². The molecular weight excluding hydrogens is 725 g/mol. The highest BCUT2D eigenvalue weighted by atomic mass is 16.3. The topological polar surface area (TPSA) is 13.1 Å². The minimum Gasteiger partial charge on any atom is -0.456 e. The van der Waals surface area contributed by atoms with Crippen LogP contribution in [0.25, 0.3) is 109 Å². The lowest BCUT2D eigenvalue weighted by atomic mass is 9.81. The molecule has 0 N–H and O–H groups in total. The molecule has 0 aliphatic heterocycles. The number of hydrogen-bond donors (Lipinski definition) is 0. The predicted molar refractivity (Wildman–Crippen MR) is 260 cm³/mol. The van der Waals surface area contributed by atoms with Crippen LogP contribution in [-0.2, 0) is 0 Å². The smallest absolute Gasteiger partial charge is 0.138 e. The second kappa shape index (κ2) is 13.2. The zero-order valence-corrected chi connectivity index (χ0v) is 34.4. The highest BCUT2D eigenvalue weighted by Gasteiger charge is 2.24. The maximum absolute atomic E-state index is 10.4. The molecule has 1 aromatic heterocycles. The SMILES string of the molecule is [2H]c1c([2H])c(-c2c([2H])c([2H])c3c(c2C)c(C)c(C)c2c([2H])c([2H])c([2H])c(C)c23)c([2H])c(-c2c3c([2H])c([2H])c(C)c([2H])c3c(-c3c([2H])c([2H])c([2H])c4oc5c(C)c6c([2H])c([2H])c([2H])c(C)c6c([2H])c5c34)c3c(C)c([2H])c([2H])c([2H])c23)c1C. The number of furan rings is 1. The Hall–Kier alpha value is -6.70. The van der Waals surface area contributed by atoms with Gasteiger partial charge in [-0.1, -0.05) is 114 Å². The van der Waals surface area contributed by atoms with Crippen LogP contribution in [-0.4, -0.2) is 0 Å². The van der Waals surface area contributed by atoms with E-state index >= 15 is 0 Å². The minimum absolute atomic E-state index is 0.0170. The van der Waals surface area contributed by atoms with Crippen molar-refractivity contribution in [3.8, 4) is 33.4 Å². The summed E-state index contributed by atoms with van der Waals surface area (Å²) in [5.41, 5.74) is 0.422. The van der Waals surface area contributed by atoms with Crippen molar-refractivity contribution >= 4 is 75.8 Å².